The maximum Gasteiger partial charge on any atom is 0.118 e. The summed E-state index contributed by atoms with van der Waals surface area (Å²) < 4.78 is 6.14. The zero-order chi connectivity index (χ0) is 14.5. The molecule has 0 bridgehead atoms. The lowest BCUT2D eigenvalue weighted by Gasteiger charge is -2.21. The van der Waals surface area contributed by atoms with Gasteiger partial charge in [0.2, 0.25) is 0 Å². The molecular weight excluding hydrogens is 316 g/mol. The predicted molar refractivity (Wildman–Crippen MR) is 85.0 cm³/mol. The molecule has 0 aliphatic rings. The monoisotopic (exact) mass is 332 g/mol. The van der Waals surface area contributed by atoms with Crippen molar-refractivity contribution in [2.24, 2.45) is 0 Å². The normalized spacial score (nSPS) is 13.6. The standard InChI is InChI=1S/C17H17BrO2/c1-3-16(12-6-10-15(20-2)11-7-12)17(19)13-4-8-14(18)9-5-13/h3-11,16-17,19H,1H2,2H3/t16-,17-/m1/s1. The van der Waals surface area contributed by atoms with Gasteiger partial charge >= 0.3 is 0 Å². The molecule has 0 saturated heterocycles. The van der Waals surface area contributed by atoms with Gasteiger partial charge in [0.1, 0.15) is 5.75 Å². The zero-order valence-corrected chi connectivity index (χ0v) is 12.9. The van der Waals surface area contributed by atoms with Crippen molar-refractivity contribution in [2.75, 3.05) is 7.11 Å². The summed E-state index contributed by atoms with van der Waals surface area (Å²) in [5, 5.41) is 10.5. The molecule has 0 fully saturated rings. The van der Waals surface area contributed by atoms with Crippen LogP contribution >= 0.6 is 15.9 Å². The third-order valence-electron chi connectivity index (χ3n) is 3.31. The topological polar surface area (TPSA) is 29.5 Å². The van der Waals surface area contributed by atoms with Gasteiger partial charge in [0, 0.05) is 10.4 Å². The highest BCUT2D eigenvalue weighted by molar-refractivity contribution is 9.10. The van der Waals surface area contributed by atoms with Crippen LogP contribution in [0.2, 0.25) is 0 Å². The predicted octanol–water partition coefficient (Wildman–Crippen LogP) is 4.46. The van der Waals surface area contributed by atoms with E-state index < -0.39 is 6.10 Å². The Labute approximate surface area is 127 Å². The molecular formula is C17H17BrO2. The molecule has 0 heterocycles. The van der Waals surface area contributed by atoms with Gasteiger partial charge in [-0.2, -0.15) is 0 Å². The van der Waals surface area contributed by atoms with E-state index in [1.54, 1.807) is 13.2 Å². The maximum atomic E-state index is 10.5. The van der Waals surface area contributed by atoms with Crippen LogP contribution in [0.25, 0.3) is 0 Å². The van der Waals surface area contributed by atoms with Crippen molar-refractivity contribution in [3.63, 3.8) is 0 Å². The van der Waals surface area contributed by atoms with Crippen LogP contribution in [0.1, 0.15) is 23.1 Å². The second-order valence-electron chi connectivity index (χ2n) is 4.53. The number of hydrogen-bond acceptors (Lipinski definition) is 2. The van der Waals surface area contributed by atoms with E-state index in [2.05, 4.69) is 22.5 Å². The molecule has 104 valence electrons. The first-order valence-electron chi connectivity index (χ1n) is 6.35. The maximum absolute atomic E-state index is 10.5. The Kier molecular flexibility index (Phi) is 4.99. The van der Waals surface area contributed by atoms with Crippen LogP contribution in [-0.4, -0.2) is 12.2 Å². The quantitative estimate of drug-likeness (QED) is 0.819. The molecule has 2 atom stereocenters. The number of aliphatic hydroxyl groups is 1. The summed E-state index contributed by atoms with van der Waals surface area (Å²) in [5.74, 6) is 0.650. The van der Waals surface area contributed by atoms with Crippen molar-refractivity contribution in [2.45, 2.75) is 12.0 Å². The molecule has 2 aromatic carbocycles. The van der Waals surface area contributed by atoms with Gasteiger partial charge in [-0.3, -0.25) is 0 Å². The van der Waals surface area contributed by atoms with Crippen molar-refractivity contribution in [1.82, 2.24) is 0 Å². The summed E-state index contributed by atoms with van der Waals surface area (Å²) in [6.45, 7) is 3.84. The Balaban J connectivity index is 2.26. The van der Waals surface area contributed by atoms with Gasteiger partial charge in [-0.05, 0) is 35.4 Å². The van der Waals surface area contributed by atoms with E-state index in [-0.39, 0.29) is 5.92 Å². The zero-order valence-electron chi connectivity index (χ0n) is 11.3. The van der Waals surface area contributed by atoms with Gasteiger partial charge in [0.05, 0.1) is 13.2 Å². The van der Waals surface area contributed by atoms with Crippen molar-refractivity contribution >= 4 is 15.9 Å². The lowest BCUT2D eigenvalue weighted by molar-refractivity contribution is 0.162. The highest BCUT2D eigenvalue weighted by Crippen LogP contribution is 2.33. The van der Waals surface area contributed by atoms with Crippen LogP contribution < -0.4 is 4.74 Å². The molecule has 20 heavy (non-hydrogen) atoms. The Hall–Kier alpha value is -1.58. The number of halogens is 1. The molecule has 0 amide bonds. The first-order valence-corrected chi connectivity index (χ1v) is 7.15. The molecule has 0 aliphatic carbocycles. The van der Waals surface area contributed by atoms with Gasteiger partial charge in [0.25, 0.3) is 0 Å². The van der Waals surface area contributed by atoms with Crippen LogP contribution in [0.15, 0.2) is 65.7 Å². The first kappa shape index (κ1) is 14.8. The number of hydrogen-bond donors (Lipinski definition) is 1. The molecule has 0 radical (unpaired) electrons. The SMILES string of the molecule is C=C[C@H](c1ccc(OC)cc1)[C@H](O)c1ccc(Br)cc1. The molecule has 0 aromatic heterocycles. The van der Waals surface area contributed by atoms with Gasteiger partial charge in [0.15, 0.2) is 0 Å². The molecule has 1 N–H and O–H groups in total. The Bertz CT molecular complexity index is 561. The van der Waals surface area contributed by atoms with Crippen molar-refractivity contribution < 1.29 is 9.84 Å². The van der Waals surface area contributed by atoms with Crippen molar-refractivity contribution in [3.05, 3.63) is 76.8 Å². The average molecular weight is 333 g/mol. The third-order valence-corrected chi connectivity index (χ3v) is 3.83. The van der Waals surface area contributed by atoms with Crippen LogP contribution in [0.5, 0.6) is 5.75 Å². The number of benzene rings is 2. The van der Waals surface area contributed by atoms with Crippen molar-refractivity contribution in [1.29, 1.82) is 0 Å². The van der Waals surface area contributed by atoms with E-state index in [9.17, 15) is 5.11 Å². The van der Waals surface area contributed by atoms with E-state index >= 15 is 0 Å². The lowest BCUT2D eigenvalue weighted by Crippen LogP contribution is -2.08. The molecule has 2 nitrogen and oxygen atoms in total. The van der Waals surface area contributed by atoms with E-state index in [0.29, 0.717) is 0 Å². The summed E-state index contributed by atoms with van der Waals surface area (Å²) in [6.07, 6.45) is 1.16. The average Bonchev–Trinajstić information content (AvgIpc) is 2.49. The fraction of sp³-hybridized carbons (Fsp3) is 0.176. The summed E-state index contributed by atoms with van der Waals surface area (Å²) >= 11 is 3.39. The minimum absolute atomic E-state index is 0.151. The van der Waals surface area contributed by atoms with E-state index in [1.165, 1.54) is 0 Å². The second-order valence-corrected chi connectivity index (χ2v) is 5.45. The molecule has 3 heteroatoms. The highest BCUT2D eigenvalue weighted by atomic mass is 79.9. The molecule has 0 unspecified atom stereocenters. The van der Waals surface area contributed by atoms with Gasteiger partial charge in [-0.25, -0.2) is 0 Å². The van der Waals surface area contributed by atoms with Crippen LogP contribution in [0.3, 0.4) is 0 Å². The fourth-order valence-electron chi connectivity index (χ4n) is 2.14. The minimum atomic E-state index is -0.617. The smallest absolute Gasteiger partial charge is 0.118 e. The summed E-state index contributed by atoms with van der Waals surface area (Å²) in [7, 11) is 1.64. The second kappa shape index (κ2) is 6.73. The lowest BCUT2D eigenvalue weighted by atomic mass is 9.89. The number of rotatable bonds is 5. The highest BCUT2D eigenvalue weighted by Gasteiger charge is 2.19. The summed E-state index contributed by atoms with van der Waals surface area (Å²) in [4.78, 5) is 0. The third kappa shape index (κ3) is 3.30. The first-order chi connectivity index (χ1) is 9.65. The largest absolute Gasteiger partial charge is 0.497 e. The number of methoxy groups -OCH3 is 1. The van der Waals surface area contributed by atoms with E-state index in [1.807, 2.05) is 48.5 Å². The van der Waals surface area contributed by atoms with E-state index in [4.69, 9.17) is 4.74 Å². The summed E-state index contributed by atoms with van der Waals surface area (Å²) in [6, 6.07) is 15.4. The molecule has 0 spiro atoms. The Morgan fingerprint density at radius 3 is 2.10 bits per heavy atom. The van der Waals surface area contributed by atoms with Crippen LogP contribution in [0, 0.1) is 0 Å². The molecule has 2 aromatic rings. The van der Waals surface area contributed by atoms with Gasteiger partial charge in [-0.15, -0.1) is 6.58 Å². The number of aliphatic hydroxyl groups excluding tert-OH is 1. The summed E-state index contributed by atoms with van der Waals surface area (Å²) in [5.41, 5.74) is 1.88. The Morgan fingerprint density at radius 2 is 1.60 bits per heavy atom. The molecule has 0 aliphatic heterocycles. The van der Waals surface area contributed by atoms with E-state index in [0.717, 1.165) is 21.3 Å². The number of ether oxygens (including phenoxy) is 1. The van der Waals surface area contributed by atoms with Crippen LogP contribution in [-0.2, 0) is 0 Å². The molecule has 0 saturated carbocycles. The minimum Gasteiger partial charge on any atom is -0.497 e. The van der Waals surface area contributed by atoms with Crippen molar-refractivity contribution in [3.8, 4) is 5.75 Å². The fourth-order valence-corrected chi connectivity index (χ4v) is 2.41. The molecule has 2 rings (SSSR count). The Morgan fingerprint density at radius 1 is 1.05 bits per heavy atom. The van der Waals surface area contributed by atoms with Crippen LogP contribution in [0.4, 0.5) is 0 Å². The van der Waals surface area contributed by atoms with Gasteiger partial charge in [-0.1, -0.05) is 46.3 Å². The van der Waals surface area contributed by atoms with Gasteiger partial charge < -0.3 is 9.84 Å².